The molecule has 2 heterocycles. The summed E-state index contributed by atoms with van der Waals surface area (Å²) in [5, 5.41) is 13.2. The molecule has 0 bridgehead atoms. The molecule has 0 radical (unpaired) electrons. The van der Waals surface area contributed by atoms with Gasteiger partial charge in [0.05, 0.1) is 11.3 Å². The van der Waals surface area contributed by atoms with Crippen LogP contribution in [0.3, 0.4) is 0 Å². The van der Waals surface area contributed by atoms with Gasteiger partial charge in [0.25, 0.3) is 0 Å². The third kappa shape index (κ3) is 3.15. The van der Waals surface area contributed by atoms with Crippen LogP contribution in [0.25, 0.3) is 16.6 Å². The van der Waals surface area contributed by atoms with Crippen LogP contribution in [-0.4, -0.2) is 26.3 Å². The monoisotopic (exact) mass is 362 g/mol. The lowest BCUT2D eigenvalue weighted by atomic mass is 10.1. The van der Waals surface area contributed by atoms with E-state index in [9.17, 15) is 4.79 Å². The number of pyridine rings is 1. The van der Waals surface area contributed by atoms with E-state index in [1.54, 1.807) is 0 Å². The van der Waals surface area contributed by atoms with Gasteiger partial charge in [0.1, 0.15) is 0 Å². The Kier molecular flexibility index (Phi) is 4.34. The highest BCUT2D eigenvalue weighted by Crippen LogP contribution is 2.23. The van der Waals surface area contributed by atoms with Crippen LogP contribution in [0.5, 0.6) is 0 Å². The van der Waals surface area contributed by atoms with Crippen molar-refractivity contribution in [3.8, 4) is 0 Å². The number of nitrogens with one attached hydrogen (secondary N) is 1. The molecular formula is C20H18N4OS. The minimum atomic E-state index is -0.0600. The number of carbonyl (C=O) groups is 1. The smallest absolute Gasteiger partial charge is 0.234 e. The Labute approximate surface area is 155 Å². The molecule has 0 aliphatic carbocycles. The van der Waals surface area contributed by atoms with Crippen molar-refractivity contribution in [1.82, 2.24) is 14.6 Å². The minimum Gasteiger partial charge on any atom is -0.325 e. The fourth-order valence-electron chi connectivity index (χ4n) is 2.85. The van der Waals surface area contributed by atoms with E-state index in [4.69, 9.17) is 0 Å². The van der Waals surface area contributed by atoms with Gasteiger partial charge in [0, 0.05) is 5.69 Å². The van der Waals surface area contributed by atoms with Crippen LogP contribution in [0.2, 0.25) is 0 Å². The number of fused-ring (bicyclic) bond motifs is 3. The van der Waals surface area contributed by atoms with E-state index in [1.807, 2.05) is 59.9 Å². The minimum absolute atomic E-state index is 0.0600. The molecule has 130 valence electrons. The van der Waals surface area contributed by atoms with Crippen molar-refractivity contribution in [3.05, 3.63) is 65.7 Å². The second kappa shape index (κ2) is 6.80. The maximum Gasteiger partial charge on any atom is 0.234 e. The summed E-state index contributed by atoms with van der Waals surface area (Å²) in [6.45, 7) is 4.09. The molecule has 0 saturated heterocycles. The van der Waals surface area contributed by atoms with Gasteiger partial charge >= 0.3 is 0 Å². The van der Waals surface area contributed by atoms with Gasteiger partial charge in [-0.25, -0.2) is 0 Å². The van der Waals surface area contributed by atoms with Gasteiger partial charge in [0.2, 0.25) is 5.91 Å². The molecule has 6 heteroatoms. The topological polar surface area (TPSA) is 59.3 Å². The van der Waals surface area contributed by atoms with E-state index >= 15 is 0 Å². The fraction of sp³-hybridized carbons (Fsp3) is 0.150. The van der Waals surface area contributed by atoms with E-state index in [1.165, 1.54) is 17.3 Å². The number of hydrogen-bond acceptors (Lipinski definition) is 4. The summed E-state index contributed by atoms with van der Waals surface area (Å²) in [6, 6.07) is 18.0. The zero-order chi connectivity index (χ0) is 18.1. The predicted molar refractivity (Wildman–Crippen MR) is 106 cm³/mol. The zero-order valence-electron chi connectivity index (χ0n) is 14.6. The van der Waals surface area contributed by atoms with E-state index in [0.717, 1.165) is 27.8 Å². The SMILES string of the molecule is Cc1ccc(NC(=O)CSc2nnc3ccc4ccccc4n23)cc1C. The Hall–Kier alpha value is -2.86. The lowest BCUT2D eigenvalue weighted by molar-refractivity contribution is -0.113. The molecule has 0 atom stereocenters. The number of nitrogens with zero attached hydrogens (tertiary/aromatic N) is 3. The number of para-hydroxylation sites is 1. The normalized spacial score (nSPS) is 11.2. The summed E-state index contributed by atoms with van der Waals surface area (Å²) >= 11 is 1.38. The van der Waals surface area contributed by atoms with Crippen molar-refractivity contribution in [3.63, 3.8) is 0 Å². The molecule has 0 fully saturated rings. The molecule has 26 heavy (non-hydrogen) atoms. The van der Waals surface area contributed by atoms with Gasteiger partial charge in [-0.1, -0.05) is 36.0 Å². The van der Waals surface area contributed by atoms with Crippen LogP contribution in [0, 0.1) is 13.8 Å². The Bertz CT molecular complexity index is 1120. The van der Waals surface area contributed by atoms with Crippen LogP contribution in [-0.2, 0) is 4.79 Å². The van der Waals surface area contributed by atoms with Gasteiger partial charge in [-0.3, -0.25) is 9.20 Å². The summed E-state index contributed by atoms with van der Waals surface area (Å²) in [4.78, 5) is 12.3. The Balaban J connectivity index is 1.53. The first-order valence-corrected chi connectivity index (χ1v) is 9.33. The number of benzene rings is 2. The molecule has 2 aromatic carbocycles. The predicted octanol–water partition coefficient (Wildman–Crippen LogP) is 4.23. The molecule has 0 spiro atoms. The lowest BCUT2D eigenvalue weighted by Crippen LogP contribution is -2.14. The molecule has 0 aliphatic heterocycles. The maximum atomic E-state index is 12.3. The number of anilines is 1. The molecule has 4 aromatic rings. The highest BCUT2D eigenvalue weighted by atomic mass is 32.2. The summed E-state index contributed by atoms with van der Waals surface area (Å²) in [5.41, 5.74) is 4.99. The first-order valence-electron chi connectivity index (χ1n) is 8.34. The summed E-state index contributed by atoms with van der Waals surface area (Å²) < 4.78 is 1.99. The van der Waals surface area contributed by atoms with Crippen LogP contribution in [0.4, 0.5) is 5.69 Å². The zero-order valence-corrected chi connectivity index (χ0v) is 15.4. The van der Waals surface area contributed by atoms with E-state index < -0.39 is 0 Å². The number of aromatic nitrogens is 3. The second-order valence-corrected chi connectivity index (χ2v) is 7.15. The van der Waals surface area contributed by atoms with E-state index in [0.29, 0.717) is 5.16 Å². The Morgan fingerprint density at radius 1 is 1.04 bits per heavy atom. The number of rotatable bonds is 4. The highest BCUT2D eigenvalue weighted by Gasteiger charge is 2.12. The van der Waals surface area contributed by atoms with Crippen LogP contribution < -0.4 is 5.32 Å². The first-order chi connectivity index (χ1) is 12.6. The third-order valence-electron chi connectivity index (χ3n) is 4.37. The van der Waals surface area contributed by atoms with Gasteiger partial charge in [-0.15, -0.1) is 10.2 Å². The van der Waals surface area contributed by atoms with Crippen molar-refractivity contribution < 1.29 is 4.79 Å². The first kappa shape index (κ1) is 16.6. The number of aryl methyl sites for hydroxylation is 2. The summed E-state index contributed by atoms with van der Waals surface area (Å²) in [7, 11) is 0. The van der Waals surface area contributed by atoms with Gasteiger partial charge in [0.15, 0.2) is 10.8 Å². The van der Waals surface area contributed by atoms with Crippen molar-refractivity contribution in [2.45, 2.75) is 19.0 Å². The van der Waals surface area contributed by atoms with Gasteiger partial charge < -0.3 is 5.32 Å². The molecule has 1 amide bonds. The van der Waals surface area contributed by atoms with Crippen molar-refractivity contribution in [1.29, 1.82) is 0 Å². The van der Waals surface area contributed by atoms with Crippen molar-refractivity contribution in [2.75, 3.05) is 11.1 Å². The van der Waals surface area contributed by atoms with Crippen LogP contribution in [0.1, 0.15) is 11.1 Å². The Morgan fingerprint density at radius 2 is 1.88 bits per heavy atom. The third-order valence-corrected chi connectivity index (χ3v) is 5.30. The molecule has 1 N–H and O–H groups in total. The summed E-state index contributed by atoms with van der Waals surface area (Å²) in [5.74, 6) is 0.215. The highest BCUT2D eigenvalue weighted by molar-refractivity contribution is 7.99. The van der Waals surface area contributed by atoms with Crippen molar-refractivity contribution in [2.24, 2.45) is 0 Å². The van der Waals surface area contributed by atoms with E-state index in [2.05, 4.69) is 28.5 Å². The van der Waals surface area contributed by atoms with Gasteiger partial charge in [-0.05, 0) is 60.7 Å². The lowest BCUT2D eigenvalue weighted by Gasteiger charge is -2.08. The fourth-order valence-corrected chi connectivity index (χ4v) is 3.60. The largest absolute Gasteiger partial charge is 0.325 e. The summed E-state index contributed by atoms with van der Waals surface area (Å²) in [6.07, 6.45) is 0. The molecule has 2 aromatic heterocycles. The quantitative estimate of drug-likeness (QED) is 0.552. The average Bonchev–Trinajstić information content (AvgIpc) is 3.07. The second-order valence-electron chi connectivity index (χ2n) is 6.20. The average molecular weight is 362 g/mol. The molecular weight excluding hydrogens is 344 g/mol. The van der Waals surface area contributed by atoms with Crippen LogP contribution >= 0.6 is 11.8 Å². The van der Waals surface area contributed by atoms with Crippen molar-refractivity contribution >= 4 is 39.9 Å². The molecule has 0 aliphatic rings. The van der Waals surface area contributed by atoms with Crippen LogP contribution in [0.15, 0.2) is 59.8 Å². The molecule has 5 nitrogen and oxygen atoms in total. The number of carbonyl (C=O) groups excluding carboxylic acids is 1. The molecule has 4 rings (SSSR count). The number of hydrogen-bond donors (Lipinski definition) is 1. The number of amides is 1. The van der Waals surface area contributed by atoms with Gasteiger partial charge in [-0.2, -0.15) is 0 Å². The molecule has 0 saturated carbocycles. The van der Waals surface area contributed by atoms with E-state index in [-0.39, 0.29) is 11.7 Å². The molecule has 0 unspecified atom stereocenters. The Morgan fingerprint density at radius 3 is 2.73 bits per heavy atom. The maximum absolute atomic E-state index is 12.3. The standard InChI is InChI=1S/C20H18N4OS/c1-13-7-9-16(11-14(13)2)21-19(25)12-26-20-23-22-18-10-8-15-5-3-4-6-17(15)24(18)20/h3-11H,12H2,1-2H3,(H,21,25). The number of thioether (sulfide) groups is 1.